The summed E-state index contributed by atoms with van der Waals surface area (Å²) in [6, 6.07) is 9.11. The lowest BCUT2D eigenvalue weighted by Crippen LogP contribution is -2.20. The highest BCUT2D eigenvalue weighted by Gasteiger charge is 2.13. The van der Waals surface area contributed by atoms with Crippen molar-refractivity contribution in [2.24, 2.45) is 0 Å². The third kappa shape index (κ3) is 4.53. The van der Waals surface area contributed by atoms with E-state index in [1.54, 1.807) is 0 Å². The van der Waals surface area contributed by atoms with Crippen LogP contribution in [0.2, 0.25) is 0 Å². The van der Waals surface area contributed by atoms with Gasteiger partial charge in [-0.25, -0.2) is 0 Å². The molecule has 21 heavy (non-hydrogen) atoms. The minimum Gasteiger partial charge on any atom is -0.379 e. The van der Waals surface area contributed by atoms with Crippen molar-refractivity contribution in [2.45, 2.75) is 52.7 Å². The van der Waals surface area contributed by atoms with Crippen molar-refractivity contribution in [3.63, 3.8) is 0 Å². The summed E-state index contributed by atoms with van der Waals surface area (Å²) in [6.45, 7) is 10.6. The second-order valence-electron chi connectivity index (χ2n) is 5.89. The molecule has 0 amide bonds. The van der Waals surface area contributed by atoms with E-state index in [9.17, 15) is 0 Å². The van der Waals surface area contributed by atoms with E-state index in [1.165, 1.54) is 26.9 Å². The van der Waals surface area contributed by atoms with Crippen LogP contribution in [-0.4, -0.2) is 19.3 Å². The minimum absolute atomic E-state index is 0.345. The molecular weight excluding hydrogens is 278 g/mol. The molecule has 2 rings (SSSR count). The predicted octanol–water partition coefficient (Wildman–Crippen LogP) is 5.07. The summed E-state index contributed by atoms with van der Waals surface area (Å²) in [5.74, 6) is 0. The van der Waals surface area contributed by atoms with E-state index < -0.39 is 0 Å². The number of unbranched alkanes of at least 4 members (excludes halogenated alkanes) is 1. The van der Waals surface area contributed by atoms with Gasteiger partial charge in [-0.05, 0) is 64.1 Å². The molecule has 0 bridgehead atoms. The van der Waals surface area contributed by atoms with Gasteiger partial charge in [0.2, 0.25) is 0 Å². The van der Waals surface area contributed by atoms with E-state index >= 15 is 0 Å². The van der Waals surface area contributed by atoms with Crippen molar-refractivity contribution in [3.05, 3.63) is 34.7 Å². The van der Waals surface area contributed by atoms with Crippen LogP contribution >= 0.6 is 11.3 Å². The third-order valence-corrected chi connectivity index (χ3v) is 5.20. The molecule has 0 aliphatic carbocycles. The lowest BCUT2D eigenvalue weighted by atomic mass is 10.1. The van der Waals surface area contributed by atoms with E-state index in [1.807, 2.05) is 11.3 Å². The van der Waals surface area contributed by atoms with Crippen LogP contribution in [0.4, 0.5) is 0 Å². The Morgan fingerprint density at radius 2 is 1.90 bits per heavy atom. The molecule has 1 heterocycles. The van der Waals surface area contributed by atoms with Crippen molar-refractivity contribution in [3.8, 4) is 0 Å². The number of hydrogen-bond acceptors (Lipinski definition) is 3. The quantitative estimate of drug-likeness (QED) is 0.688. The van der Waals surface area contributed by atoms with Gasteiger partial charge in [0.05, 0.1) is 6.10 Å². The molecule has 1 unspecified atom stereocenters. The van der Waals surface area contributed by atoms with Gasteiger partial charge in [-0.3, -0.25) is 0 Å². The van der Waals surface area contributed by atoms with Crippen LogP contribution in [0.5, 0.6) is 0 Å². The van der Waals surface area contributed by atoms with Crippen molar-refractivity contribution in [2.75, 3.05) is 13.2 Å². The maximum absolute atomic E-state index is 5.57. The summed E-state index contributed by atoms with van der Waals surface area (Å²) in [5.41, 5.74) is 1.43. The van der Waals surface area contributed by atoms with Crippen LogP contribution in [0.3, 0.4) is 0 Å². The zero-order chi connectivity index (χ0) is 15.2. The SMILES string of the molecule is Cc1c(C(C)NCCCCOC(C)C)sc2ccccc12. The minimum atomic E-state index is 0.345. The number of aryl methyl sites for hydroxylation is 1. The van der Waals surface area contributed by atoms with E-state index in [0.717, 1.165) is 19.6 Å². The number of rotatable bonds is 8. The molecule has 116 valence electrons. The van der Waals surface area contributed by atoms with Crippen LogP contribution in [0.25, 0.3) is 10.1 Å². The van der Waals surface area contributed by atoms with Crippen LogP contribution in [0, 0.1) is 6.92 Å². The van der Waals surface area contributed by atoms with Crippen molar-refractivity contribution < 1.29 is 4.74 Å². The molecule has 0 saturated carbocycles. The molecule has 1 atom stereocenters. The molecule has 0 spiro atoms. The monoisotopic (exact) mass is 305 g/mol. The average molecular weight is 305 g/mol. The maximum atomic E-state index is 5.57. The largest absolute Gasteiger partial charge is 0.379 e. The topological polar surface area (TPSA) is 21.3 Å². The molecule has 1 aromatic heterocycles. The van der Waals surface area contributed by atoms with Gasteiger partial charge in [-0.15, -0.1) is 11.3 Å². The fourth-order valence-corrected chi connectivity index (χ4v) is 3.80. The number of nitrogens with one attached hydrogen (secondary N) is 1. The summed E-state index contributed by atoms with van der Waals surface area (Å²) < 4.78 is 6.96. The van der Waals surface area contributed by atoms with Crippen LogP contribution in [0.1, 0.15) is 50.1 Å². The Bertz CT molecular complexity index is 561. The smallest absolute Gasteiger partial charge is 0.0518 e. The van der Waals surface area contributed by atoms with Crippen LogP contribution in [0.15, 0.2) is 24.3 Å². The Balaban J connectivity index is 1.82. The Hall–Kier alpha value is -0.900. The van der Waals surface area contributed by atoms with Gasteiger partial charge in [0.1, 0.15) is 0 Å². The molecule has 1 aromatic carbocycles. The van der Waals surface area contributed by atoms with Gasteiger partial charge in [-0.1, -0.05) is 18.2 Å². The zero-order valence-corrected chi connectivity index (χ0v) is 14.4. The van der Waals surface area contributed by atoms with E-state index in [-0.39, 0.29) is 0 Å². The molecule has 2 nitrogen and oxygen atoms in total. The Labute approximate surface area is 132 Å². The first-order valence-corrected chi connectivity index (χ1v) is 8.74. The lowest BCUT2D eigenvalue weighted by molar-refractivity contribution is 0.0759. The lowest BCUT2D eigenvalue weighted by Gasteiger charge is -2.14. The van der Waals surface area contributed by atoms with Crippen molar-refractivity contribution in [1.29, 1.82) is 0 Å². The molecular formula is C18H27NOS. The Kier molecular flexibility index (Phi) is 6.22. The molecule has 1 N–H and O–H groups in total. The third-order valence-electron chi connectivity index (χ3n) is 3.75. The fourth-order valence-electron chi connectivity index (χ4n) is 2.56. The van der Waals surface area contributed by atoms with Crippen molar-refractivity contribution >= 4 is 21.4 Å². The summed E-state index contributed by atoms with van der Waals surface area (Å²) in [5, 5.41) is 5.04. The number of thiophene rings is 1. The number of fused-ring (bicyclic) bond motifs is 1. The summed E-state index contributed by atoms with van der Waals surface area (Å²) in [4.78, 5) is 1.47. The number of benzene rings is 1. The molecule has 0 radical (unpaired) electrons. The highest BCUT2D eigenvalue weighted by atomic mass is 32.1. The van der Waals surface area contributed by atoms with Gasteiger partial charge >= 0.3 is 0 Å². The second kappa shape index (κ2) is 7.92. The zero-order valence-electron chi connectivity index (χ0n) is 13.6. The van der Waals surface area contributed by atoms with Gasteiger partial charge in [0.15, 0.2) is 0 Å². The summed E-state index contributed by atoms with van der Waals surface area (Å²) >= 11 is 1.92. The van der Waals surface area contributed by atoms with Gasteiger partial charge < -0.3 is 10.1 Å². The fraction of sp³-hybridized carbons (Fsp3) is 0.556. The first-order chi connectivity index (χ1) is 10.1. The number of hydrogen-bond donors (Lipinski definition) is 1. The molecule has 3 heteroatoms. The van der Waals surface area contributed by atoms with Gasteiger partial charge in [-0.2, -0.15) is 0 Å². The standard InChI is InChI=1S/C18H27NOS/c1-13(2)20-12-8-7-11-19-15(4)18-14(3)16-9-5-6-10-17(16)21-18/h5-6,9-10,13,15,19H,7-8,11-12H2,1-4H3. The van der Waals surface area contributed by atoms with Gasteiger partial charge in [0.25, 0.3) is 0 Å². The maximum Gasteiger partial charge on any atom is 0.0518 e. The Morgan fingerprint density at radius 3 is 2.62 bits per heavy atom. The van der Waals surface area contributed by atoms with Crippen LogP contribution in [-0.2, 0) is 4.74 Å². The highest BCUT2D eigenvalue weighted by Crippen LogP contribution is 2.34. The average Bonchev–Trinajstić information content (AvgIpc) is 2.80. The normalized spacial score (nSPS) is 13.2. The highest BCUT2D eigenvalue weighted by molar-refractivity contribution is 7.19. The summed E-state index contributed by atoms with van der Waals surface area (Å²) in [7, 11) is 0. The Morgan fingerprint density at radius 1 is 1.14 bits per heavy atom. The van der Waals surface area contributed by atoms with E-state index in [2.05, 4.69) is 57.3 Å². The van der Waals surface area contributed by atoms with Gasteiger partial charge in [0, 0.05) is 22.2 Å². The molecule has 0 aliphatic heterocycles. The van der Waals surface area contributed by atoms with E-state index in [4.69, 9.17) is 4.74 Å². The molecule has 0 fully saturated rings. The molecule has 2 aromatic rings. The van der Waals surface area contributed by atoms with Crippen molar-refractivity contribution in [1.82, 2.24) is 5.32 Å². The first kappa shape index (κ1) is 16.5. The number of ether oxygens (including phenoxy) is 1. The first-order valence-electron chi connectivity index (χ1n) is 7.92. The van der Waals surface area contributed by atoms with Crippen LogP contribution < -0.4 is 5.32 Å². The second-order valence-corrected chi connectivity index (χ2v) is 6.97. The predicted molar refractivity (Wildman–Crippen MR) is 93.3 cm³/mol. The molecule has 0 saturated heterocycles. The molecule has 0 aliphatic rings. The summed E-state index contributed by atoms with van der Waals surface area (Å²) in [6.07, 6.45) is 2.64. The van der Waals surface area contributed by atoms with E-state index in [0.29, 0.717) is 12.1 Å².